The molecule has 1 aliphatic rings. The van der Waals surface area contributed by atoms with Crippen molar-refractivity contribution in [3.05, 3.63) is 54.4 Å². The van der Waals surface area contributed by atoms with Gasteiger partial charge in [-0.3, -0.25) is 15.6 Å². The molecule has 1 saturated heterocycles. The van der Waals surface area contributed by atoms with Crippen LogP contribution < -0.4 is 16.2 Å². The van der Waals surface area contributed by atoms with E-state index in [4.69, 9.17) is 17.0 Å². The number of carbonyl (C=O) groups excluding carboxylic acids is 1. The first-order valence-electron chi connectivity index (χ1n) is 7.91. The van der Waals surface area contributed by atoms with Crippen LogP contribution in [-0.4, -0.2) is 34.8 Å². The summed E-state index contributed by atoms with van der Waals surface area (Å²) in [5.74, 6) is -0.240. The molecular formula is C17H20N4O2S. The molecule has 3 rings (SSSR count). The molecule has 1 aromatic carbocycles. The van der Waals surface area contributed by atoms with Gasteiger partial charge in [0.05, 0.1) is 6.10 Å². The number of carbonyl (C=O) groups is 1. The third-order valence-corrected chi connectivity index (χ3v) is 4.08. The number of benzene rings is 1. The quantitative estimate of drug-likeness (QED) is 0.583. The molecule has 1 atom stereocenters. The molecule has 1 aliphatic heterocycles. The highest BCUT2D eigenvalue weighted by atomic mass is 32.1. The van der Waals surface area contributed by atoms with E-state index in [1.165, 1.54) is 0 Å². The standard InChI is InChI=1S/C17H20N4O2S/c22-16(19-20-17(24)18-12-15-4-3-11-23-15)13-5-7-14(8-6-13)21-9-1-2-10-21/h1-2,5-10,15H,3-4,11-12H2,(H,19,22)(H2,18,20,24)/t15-/m0/s1. The smallest absolute Gasteiger partial charge is 0.269 e. The van der Waals surface area contributed by atoms with Crippen molar-refractivity contribution < 1.29 is 9.53 Å². The molecule has 1 aromatic heterocycles. The molecule has 0 spiro atoms. The molecule has 0 bridgehead atoms. The van der Waals surface area contributed by atoms with Gasteiger partial charge in [-0.2, -0.15) is 0 Å². The Hall–Kier alpha value is -2.38. The maximum Gasteiger partial charge on any atom is 0.269 e. The van der Waals surface area contributed by atoms with E-state index >= 15 is 0 Å². The van der Waals surface area contributed by atoms with E-state index in [1.54, 1.807) is 12.1 Å². The number of ether oxygens (including phenoxy) is 1. The lowest BCUT2D eigenvalue weighted by molar-refractivity contribution is 0.0943. The minimum Gasteiger partial charge on any atom is -0.376 e. The molecule has 6 nitrogen and oxygen atoms in total. The summed E-state index contributed by atoms with van der Waals surface area (Å²) in [6.07, 6.45) is 6.23. The van der Waals surface area contributed by atoms with E-state index in [1.807, 2.05) is 41.2 Å². The van der Waals surface area contributed by atoms with Crippen molar-refractivity contribution >= 4 is 23.2 Å². The zero-order chi connectivity index (χ0) is 16.8. The van der Waals surface area contributed by atoms with Gasteiger partial charge in [0.2, 0.25) is 0 Å². The number of thiocarbonyl (C=S) groups is 1. The predicted octanol–water partition coefficient (Wildman–Crippen LogP) is 1.77. The Balaban J connectivity index is 1.45. The summed E-state index contributed by atoms with van der Waals surface area (Å²) in [5.41, 5.74) is 6.85. The summed E-state index contributed by atoms with van der Waals surface area (Å²) in [5, 5.41) is 3.41. The Bertz CT molecular complexity index is 679. The van der Waals surface area contributed by atoms with Crippen molar-refractivity contribution in [2.75, 3.05) is 13.2 Å². The number of nitrogens with one attached hydrogen (secondary N) is 3. The van der Waals surface area contributed by atoms with Crippen LogP contribution in [0.15, 0.2) is 48.8 Å². The van der Waals surface area contributed by atoms with Gasteiger partial charge in [0.25, 0.3) is 5.91 Å². The van der Waals surface area contributed by atoms with E-state index < -0.39 is 0 Å². The average molecular weight is 344 g/mol. The maximum absolute atomic E-state index is 12.1. The normalized spacial score (nSPS) is 16.6. The molecule has 0 aliphatic carbocycles. The Morgan fingerprint density at radius 3 is 2.62 bits per heavy atom. The van der Waals surface area contributed by atoms with Crippen LogP contribution in [0.1, 0.15) is 23.2 Å². The van der Waals surface area contributed by atoms with E-state index in [0.29, 0.717) is 17.2 Å². The van der Waals surface area contributed by atoms with Gasteiger partial charge in [0.15, 0.2) is 5.11 Å². The van der Waals surface area contributed by atoms with Crippen LogP contribution in [-0.2, 0) is 4.74 Å². The Kier molecular flexibility index (Phi) is 5.45. The number of aromatic nitrogens is 1. The van der Waals surface area contributed by atoms with Crippen molar-refractivity contribution in [2.45, 2.75) is 18.9 Å². The number of amides is 1. The number of hydrazine groups is 1. The second-order valence-corrected chi connectivity index (χ2v) is 5.97. The molecule has 126 valence electrons. The average Bonchev–Trinajstić information content (AvgIpc) is 3.31. The fourth-order valence-corrected chi connectivity index (χ4v) is 2.67. The molecule has 7 heteroatoms. The lowest BCUT2D eigenvalue weighted by Crippen LogP contribution is -2.48. The zero-order valence-corrected chi connectivity index (χ0v) is 14.0. The van der Waals surface area contributed by atoms with Gasteiger partial charge >= 0.3 is 0 Å². The summed E-state index contributed by atoms with van der Waals surface area (Å²) < 4.78 is 7.48. The molecule has 2 aromatic rings. The number of hydrogen-bond acceptors (Lipinski definition) is 3. The zero-order valence-electron chi connectivity index (χ0n) is 13.2. The summed E-state index contributed by atoms with van der Waals surface area (Å²) in [4.78, 5) is 12.1. The second-order valence-electron chi connectivity index (χ2n) is 5.56. The summed E-state index contributed by atoms with van der Waals surface area (Å²) in [6.45, 7) is 1.45. The Labute approximate surface area is 146 Å². The third kappa shape index (κ3) is 4.33. The van der Waals surface area contributed by atoms with Crippen molar-refractivity contribution in [3.63, 3.8) is 0 Å². The molecule has 0 unspecified atom stereocenters. The molecular weight excluding hydrogens is 324 g/mol. The van der Waals surface area contributed by atoms with Crippen LogP contribution in [0, 0.1) is 0 Å². The van der Waals surface area contributed by atoms with E-state index in [2.05, 4.69) is 16.2 Å². The lowest BCUT2D eigenvalue weighted by Gasteiger charge is -2.14. The van der Waals surface area contributed by atoms with Crippen molar-refractivity contribution in [1.29, 1.82) is 0 Å². The van der Waals surface area contributed by atoms with Gasteiger partial charge in [0, 0.05) is 36.8 Å². The maximum atomic E-state index is 12.1. The van der Waals surface area contributed by atoms with Gasteiger partial charge in [-0.25, -0.2) is 0 Å². The van der Waals surface area contributed by atoms with Crippen molar-refractivity contribution in [3.8, 4) is 5.69 Å². The third-order valence-electron chi connectivity index (χ3n) is 3.84. The molecule has 0 radical (unpaired) electrons. The molecule has 1 amide bonds. The Morgan fingerprint density at radius 1 is 1.21 bits per heavy atom. The molecule has 24 heavy (non-hydrogen) atoms. The SMILES string of the molecule is O=C(NNC(=S)NC[C@@H]1CCCO1)c1ccc(-n2cccc2)cc1. The second kappa shape index (κ2) is 7.94. The lowest BCUT2D eigenvalue weighted by atomic mass is 10.2. The van der Waals surface area contributed by atoms with Gasteiger partial charge in [-0.05, 0) is 61.5 Å². The highest BCUT2D eigenvalue weighted by Gasteiger charge is 2.15. The number of hydrogen-bond donors (Lipinski definition) is 3. The van der Waals surface area contributed by atoms with E-state index in [9.17, 15) is 4.79 Å². The predicted molar refractivity (Wildman–Crippen MR) is 95.9 cm³/mol. The minimum absolute atomic E-state index is 0.196. The topological polar surface area (TPSA) is 67.3 Å². The van der Waals surface area contributed by atoms with Crippen molar-refractivity contribution in [1.82, 2.24) is 20.7 Å². The van der Waals surface area contributed by atoms with Crippen LogP contribution in [0.5, 0.6) is 0 Å². The highest BCUT2D eigenvalue weighted by Crippen LogP contribution is 2.11. The summed E-state index contributed by atoms with van der Waals surface area (Å²) in [7, 11) is 0. The van der Waals surface area contributed by atoms with Crippen LogP contribution >= 0.6 is 12.2 Å². The van der Waals surface area contributed by atoms with E-state index in [-0.39, 0.29) is 12.0 Å². The van der Waals surface area contributed by atoms with Gasteiger partial charge in [0.1, 0.15) is 0 Å². The largest absolute Gasteiger partial charge is 0.376 e. The molecule has 0 saturated carbocycles. The fraction of sp³-hybridized carbons (Fsp3) is 0.294. The number of nitrogens with zero attached hydrogens (tertiary/aromatic N) is 1. The number of rotatable bonds is 4. The van der Waals surface area contributed by atoms with Crippen molar-refractivity contribution in [2.24, 2.45) is 0 Å². The van der Waals surface area contributed by atoms with Gasteiger partial charge in [-0.1, -0.05) is 0 Å². The first kappa shape index (κ1) is 16.5. The monoisotopic (exact) mass is 344 g/mol. The highest BCUT2D eigenvalue weighted by molar-refractivity contribution is 7.80. The molecule has 3 N–H and O–H groups in total. The van der Waals surface area contributed by atoms with Crippen LogP contribution in [0.2, 0.25) is 0 Å². The Morgan fingerprint density at radius 2 is 1.96 bits per heavy atom. The first-order valence-corrected chi connectivity index (χ1v) is 8.32. The van der Waals surface area contributed by atoms with E-state index in [0.717, 1.165) is 25.1 Å². The summed E-state index contributed by atoms with van der Waals surface area (Å²) in [6, 6.07) is 11.2. The van der Waals surface area contributed by atoms with Crippen LogP contribution in [0.4, 0.5) is 0 Å². The summed E-state index contributed by atoms with van der Waals surface area (Å²) >= 11 is 5.14. The van der Waals surface area contributed by atoms with Crippen LogP contribution in [0.25, 0.3) is 5.69 Å². The minimum atomic E-state index is -0.240. The molecule has 1 fully saturated rings. The van der Waals surface area contributed by atoms with Gasteiger partial charge in [-0.15, -0.1) is 0 Å². The fourth-order valence-electron chi connectivity index (χ4n) is 2.53. The van der Waals surface area contributed by atoms with Gasteiger partial charge < -0.3 is 14.6 Å². The molecule has 2 heterocycles. The first-order chi connectivity index (χ1) is 11.7. The van der Waals surface area contributed by atoms with Crippen LogP contribution in [0.3, 0.4) is 0 Å².